The van der Waals surface area contributed by atoms with Gasteiger partial charge in [0.25, 0.3) is 0 Å². The fraction of sp³-hybridized carbons (Fsp3) is 0.727. The van der Waals surface area contributed by atoms with Crippen LogP contribution in [0.5, 0.6) is 0 Å². The zero-order valence-electron chi connectivity index (χ0n) is 9.08. The molecule has 0 spiro atoms. The highest BCUT2D eigenvalue weighted by molar-refractivity contribution is 5.39. The Kier molecular flexibility index (Phi) is 2.25. The largest absolute Gasteiger partial charge is 0.396 e. The molecule has 0 amide bonds. The molecule has 0 aromatic carbocycles. The summed E-state index contributed by atoms with van der Waals surface area (Å²) < 4.78 is 2.01. The Hall–Kier alpha value is -0.990. The molecule has 0 atom stereocenters. The predicted octanol–water partition coefficient (Wildman–Crippen LogP) is 2.35. The molecule has 1 aromatic rings. The first kappa shape index (κ1) is 9.56. The number of hydrogen-bond acceptors (Lipinski definition) is 2. The fourth-order valence-electron chi connectivity index (χ4n) is 2.39. The van der Waals surface area contributed by atoms with Crippen molar-refractivity contribution in [3.63, 3.8) is 0 Å². The van der Waals surface area contributed by atoms with Crippen LogP contribution < -0.4 is 5.73 Å². The summed E-state index contributed by atoms with van der Waals surface area (Å²) in [6.45, 7) is 5.33. The first-order valence-corrected chi connectivity index (χ1v) is 5.39. The molecule has 0 unspecified atom stereocenters. The second kappa shape index (κ2) is 3.30. The molecule has 1 aromatic heterocycles. The van der Waals surface area contributed by atoms with E-state index >= 15 is 0 Å². The van der Waals surface area contributed by atoms with Gasteiger partial charge in [0.15, 0.2) is 0 Å². The maximum atomic E-state index is 5.77. The minimum Gasteiger partial charge on any atom is -0.396 e. The van der Waals surface area contributed by atoms with E-state index in [4.69, 9.17) is 5.73 Å². The molecule has 0 bridgehead atoms. The van der Waals surface area contributed by atoms with E-state index in [1.54, 1.807) is 0 Å². The lowest BCUT2D eigenvalue weighted by Gasteiger charge is -2.22. The van der Waals surface area contributed by atoms with E-state index in [1.165, 1.54) is 25.7 Å². The maximum Gasteiger partial charge on any atom is 0.0822 e. The van der Waals surface area contributed by atoms with Crippen LogP contribution in [-0.2, 0) is 6.54 Å². The third kappa shape index (κ3) is 1.76. The highest BCUT2D eigenvalue weighted by Crippen LogP contribution is 2.38. The second-order valence-corrected chi connectivity index (χ2v) is 4.89. The van der Waals surface area contributed by atoms with Crippen LogP contribution in [0.15, 0.2) is 6.20 Å². The Morgan fingerprint density at radius 3 is 2.64 bits per heavy atom. The molecule has 78 valence electrons. The molecule has 2 rings (SSSR count). The summed E-state index contributed by atoms with van der Waals surface area (Å²) in [6.07, 6.45) is 7.34. The Labute approximate surface area is 85.3 Å². The first-order valence-electron chi connectivity index (χ1n) is 5.39. The van der Waals surface area contributed by atoms with Gasteiger partial charge in [-0.25, -0.2) is 0 Å². The van der Waals surface area contributed by atoms with E-state index < -0.39 is 0 Å². The van der Waals surface area contributed by atoms with Crippen molar-refractivity contribution in [3.8, 4) is 0 Å². The topological polar surface area (TPSA) is 43.8 Å². The fourth-order valence-corrected chi connectivity index (χ4v) is 2.39. The van der Waals surface area contributed by atoms with Gasteiger partial charge in [0.05, 0.1) is 11.4 Å². The lowest BCUT2D eigenvalue weighted by Crippen LogP contribution is -2.19. The van der Waals surface area contributed by atoms with Crippen molar-refractivity contribution in [2.75, 3.05) is 5.73 Å². The third-order valence-corrected chi connectivity index (χ3v) is 3.34. The summed E-state index contributed by atoms with van der Waals surface area (Å²) in [6, 6.07) is 0. The van der Waals surface area contributed by atoms with Crippen molar-refractivity contribution in [1.29, 1.82) is 0 Å². The number of nitrogen functional groups attached to an aromatic ring is 1. The molecular formula is C11H19N3. The molecular weight excluding hydrogens is 174 g/mol. The number of rotatable bonds is 2. The summed E-state index contributed by atoms with van der Waals surface area (Å²) in [7, 11) is 0. The van der Waals surface area contributed by atoms with Gasteiger partial charge in [-0.3, -0.25) is 4.68 Å². The van der Waals surface area contributed by atoms with Crippen molar-refractivity contribution in [2.45, 2.75) is 46.1 Å². The van der Waals surface area contributed by atoms with Crippen LogP contribution in [0.25, 0.3) is 0 Å². The van der Waals surface area contributed by atoms with E-state index in [0.717, 1.165) is 17.9 Å². The number of aromatic nitrogens is 2. The van der Waals surface area contributed by atoms with Crippen molar-refractivity contribution < 1.29 is 0 Å². The van der Waals surface area contributed by atoms with Gasteiger partial charge in [-0.05, 0) is 25.2 Å². The zero-order valence-corrected chi connectivity index (χ0v) is 9.08. The number of anilines is 1. The molecule has 2 N–H and O–H groups in total. The average Bonchev–Trinajstić information content (AvgIpc) is 2.62. The van der Waals surface area contributed by atoms with Crippen LogP contribution in [0.1, 0.15) is 38.3 Å². The molecule has 14 heavy (non-hydrogen) atoms. The summed E-state index contributed by atoms with van der Waals surface area (Å²) >= 11 is 0. The summed E-state index contributed by atoms with van der Waals surface area (Å²) in [5.74, 6) is 0. The van der Waals surface area contributed by atoms with Crippen molar-refractivity contribution in [2.24, 2.45) is 5.41 Å². The number of nitrogens with zero attached hydrogens (tertiary/aromatic N) is 2. The van der Waals surface area contributed by atoms with Gasteiger partial charge in [-0.2, -0.15) is 5.10 Å². The van der Waals surface area contributed by atoms with E-state index in [2.05, 4.69) is 12.0 Å². The second-order valence-electron chi connectivity index (χ2n) is 4.89. The molecule has 0 aliphatic heterocycles. The van der Waals surface area contributed by atoms with Crippen LogP contribution in [0.2, 0.25) is 0 Å². The number of hydrogen-bond donors (Lipinski definition) is 1. The lowest BCUT2D eigenvalue weighted by molar-refractivity contribution is 0.268. The SMILES string of the molecule is Cc1nn(CC2(C)CCCC2)cc1N. The van der Waals surface area contributed by atoms with Gasteiger partial charge in [0, 0.05) is 12.7 Å². The van der Waals surface area contributed by atoms with E-state index in [1.807, 2.05) is 17.8 Å². The third-order valence-electron chi connectivity index (χ3n) is 3.34. The van der Waals surface area contributed by atoms with Gasteiger partial charge < -0.3 is 5.73 Å². The van der Waals surface area contributed by atoms with E-state index in [9.17, 15) is 0 Å². The molecule has 0 radical (unpaired) electrons. The molecule has 1 aliphatic rings. The van der Waals surface area contributed by atoms with Crippen LogP contribution in [-0.4, -0.2) is 9.78 Å². The molecule has 1 aliphatic carbocycles. The maximum absolute atomic E-state index is 5.77. The molecule has 1 heterocycles. The van der Waals surface area contributed by atoms with Gasteiger partial charge in [-0.15, -0.1) is 0 Å². The molecule has 1 saturated carbocycles. The Balaban J connectivity index is 2.10. The normalized spacial score (nSPS) is 20.1. The minimum absolute atomic E-state index is 0.449. The van der Waals surface area contributed by atoms with E-state index in [0.29, 0.717) is 5.41 Å². The minimum atomic E-state index is 0.449. The highest BCUT2D eigenvalue weighted by Gasteiger charge is 2.29. The lowest BCUT2D eigenvalue weighted by atomic mass is 9.89. The summed E-state index contributed by atoms with van der Waals surface area (Å²) in [5, 5.41) is 4.41. The van der Waals surface area contributed by atoms with Crippen molar-refractivity contribution in [3.05, 3.63) is 11.9 Å². The molecule has 3 nitrogen and oxygen atoms in total. The van der Waals surface area contributed by atoms with Gasteiger partial charge in [0.2, 0.25) is 0 Å². The quantitative estimate of drug-likeness (QED) is 0.783. The summed E-state index contributed by atoms with van der Waals surface area (Å²) in [5.41, 5.74) is 7.99. The van der Waals surface area contributed by atoms with E-state index in [-0.39, 0.29) is 0 Å². The standard InChI is InChI=1S/C11H19N3/c1-9-10(12)7-14(13-9)8-11(2)5-3-4-6-11/h7H,3-6,8,12H2,1-2H3. The first-order chi connectivity index (χ1) is 6.59. The smallest absolute Gasteiger partial charge is 0.0822 e. The number of aryl methyl sites for hydroxylation is 1. The predicted molar refractivity (Wildman–Crippen MR) is 58.0 cm³/mol. The Morgan fingerprint density at radius 1 is 1.50 bits per heavy atom. The molecule has 0 saturated heterocycles. The summed E-state index contributed by atoms with van der Waals surface area (Å²) in [4.78, 5) is 0. The monoisotopic (exact) mass is 193 g/mol. The zero-order chi connectivity index (χ0) is 10.2. The Morgan fingerprint density at radius 2 is 2.14 bits per heavy atom. The van der Waals surface area contributed by atoms with Crippen LogP contribution >= 0.6 is 0 Å². The van der Waals surface area contributed by atoms with Gasteiger partial charge >= 0.3 is 0 Å². The molecule has 3 heteroatoms. The average molecular weight is 193 g/mol. The van der Waals surface area contributed by atoms with Crippen molar-refractivity contribution >= 4 is 5.69 Å². The number of nitrogens with two attached hydrogens (primary N) is 1. The Bertz CT molecular complexity index is 302. The van der Waals surface area contributed by atoms with Gasteiger partial charge in [0.1, 0.15) is 0 Å². The molecule has 1 fully saturated rings. The van der Waals surface area contributed by atoms with Crippen molar-refractivity contribution in [1.82, 2.24) is 9.78 Å². The van der Waals surface area contributed by atoms with Crippen LogP contribution in [0.4, 0.5) is 5.69 Å². The van der Waals surface area contributed by atoms with Crippen LogP contribution in [0, 0.1) is 12.3 Å². The van der Waals surface area contributed by atoms with Gasteiger partial charge in [-0.1, -0.05) is 19.8 Å². The van der Waals surface area contributed by atoms with Crippen LogP contribution in [0.3, 0.4) is 0 Å². The highest BCUT2D eigenvalue weighted by atomic mass is 15.3.